The van der Waals surface area contributed by atoms with E-state index in [1.807, 2.05) is 19.9 Å². The highest BCUT2D eigenvalue weighted by Crippen LogP contribution is 2.17. The van der Waals surface area contributed by atoms with Crippen molar-refractivity contribution >= 4 is 27.5 Å². The molecule has 0 radical (unpaired) electrons. The summed E-state index contributed by atoms with van der Waals surface area (Å²) in [5.74, 6) is 1.01. The maximum Gasteiger partial charge on any atom is 0.197 e. The Bertz CT molecular complexity index is 533. The molecule has 0 fully saturated rings. The van der Waals surface area contributed by atoms with Gasteiger partial charge in [-0.3, -0.25) is 4.21 Å². The molecule has 1 aromatic carbocycles. The van der Waals surface area contributed by atoms with E-state index in [0.29, 0.717) is 22.5 Å². The Hall–Kier alpha value is -1.36. The summed E-state index contributed by atoms with van der Waals surface area (Å²) in [4.78, 5) is 7.35. The number of nitrogens with two attached hydrogens (primary N) is 1. The first-order valence-electron chi connectivity index (χ1n) is 5.20. The van der Waals surface area contributed by atoms with Crippen molar-refractivity contribution in [1.29, 1.82) is 0 Å². The van der Waals surface area contributed by atoms with Crippen LogP contribution in [0.3, 0.4) is 0 Å². The molecular weight excluding hydrogens is 222 g/mol. The van der Waals surface area contributed by atoms with E-state index in [1.54, 1.807) is 12.1 Å². The number of hydrogen-bond acceptors (Lipinski definition) is 3. The average molecular weight is 237 g/mol. The molecule has 86 valence electrons. The largest absolute Gasteiger partial charge is 0.399 e. The van der Waals surface area contributed by atoms with Crippen molar-refractivity contribution < 1.29 is 4.21 Å². The Morgan fingerprint density at radius 1 is 1.50 bits per heavy atom. The highest BCUT2D eigenvalue weighted by Gasteiger charge is 2.11. The summed E-state index contributed by atoms with van der Waals surface area (Å²) in [7, 11) is -1.06. The van der Waals surface area contributed by atoms with Gasteiger partial charge in [0.1, 0.15) is 0 Å². The van der Waals surface area contributed by atoms with Crippen molar-refractivity contribution in [2.24, 2.45) is 5.92 Å². The molecule has 2 aromatic rings. The molecule has 4 nitrogen and oxygen atoms in total. The molecule has 0 aliphatic carbocycles. The Labute approximate surface area is 96.7 Å². The number of benzene rings is 1. The molecule has 0 saturated heterocycles. The van der Waals surface area contributed by atoms with E-state index in [-0.39, 0.29) is 0 Å². The molecule has 1 heterocycles. The molecular formula is C11H15N3OS. The summed E-state index contributed by atoms with van der Waals surface area (Å²) in [5, 5.41) is 0.536. The van der Waals surface area contributed by atoms with E-state index < -0.39 is 10.8 Å². The molecule has 0 bridgehead atoms. The highest BCUT2D eigenvalue weighted by molar-refractivity contribution is 7.84. The van der Waals surface area contributed by atoms with Gasteiger partial charge in [0.15, 0.2) is 5.16 Å². The molecule has 3 N–H and O–H groups in total. The fraction of sp³-hybridized carbons (Fsp3) is 0.364. The Kier molecular flexibility index (Phi) is 2.96. The van der Waals surface area contributed by atoms with Gasteiger partial charge < -0.3 is 10.7 Å². The molecule has 1 unspecified atom stereocenters. The molecule has 1 aromatic heterocycles. The van der Waals surface area contributed by atoms with Crippen LogP contribution >= 0.6 is 0 Å². The molecule has 2 rings (SSSR count). The number of fused-ring (bicyclic) bond motifs is 1. The predicted molar refractivity (Wildman–Crippen MR) is 66.6 cm³/mol. The molecule has 5 heteroatoms. The average Bonchev–Trinajstić information content (AvgIpc) is 2.59. The van der Waals surface area contributed by atoms with Gasteiger partial charge in [0.2, 0.25) is 0 Å². The molecule has 1 atom stereocenters. The van der Waals surface area contributed by atoms with Gasteiger partial charge in [0.05, 0.1) is 21.8 Å². The lowest BCUT2D eigenvalue weighted by Gasteiger charge is -2.00. The summed E-state index contributed by atoms with van der Waals surface area (Å²) in [5.41, 5.74) is 7.99. The number of aromatic amines is 1. The van der Waals surface area contributed by atoms with Crippen LogP contribution in [-0.4, -0.2) is 19.9 Å². The number of nitrogens with zero attached hydrogens (tertiary/aromatic N) is 1. The number of nitrogens with one attached hydrogen (secondary N) is 1. The molecule has 0 aliphatic heterocycles. The Balaban J connectivity index is 2.36. The molecule has 0 amide bonds. The summed E-state index contributed by atoms with van der Waals surface area (Å²) in [6.07, 6.45) is 0. The lowest BCUT2D eigenvalue weighted by Crippen LogP contribution is -2.05. The number of hydrogen-bond donors (Lipinski definition) is 2. The number of H-pyrrole nitrogens is 1. The van der Waals surface area contributed by atoms with E-state index in [0.717, 1.165) is 11.0 Å². The summed E-state index contributed by atoms with van der Waals surface area (Å²) >= 11 is 0. The molecule has 16 heavy (non-hydrogen) atoms. The third kappa shape index (κ3) is 2.24. The fourth-order valence-electron chi connectivity index (χ4n) is 1.49. The SMILES string of the molecule is CC(C)CS(=O)c1nc2ccc(N)cc2[nH]1. The second kappa shape index (κ2) is 4.25. The summed E-state index contributed by atoms with van der Waals surface area (Å²) in [6.45, 7) is 4.08. The number of nitrogen functional groups attached to an aromatic ring is 1. The zero-order valence-corrected chi connectivity index (χ0v) is 10.2. The van der Waals surface area contributed by atoms with Crippen molar-refractivity contribution in [3.05, 3.63) is 18.2 Å². The van der Waals surface area contributed by atoms with Gasteiger partial charge in [-0.05, 0) is 24.1 Å². The topological polar surface area (TPSA) is 71.8 Å². The minimum atomic E-state index is -1.06. The second-order valence-electron chi connectivity index (χ2n) is 4.22. The quantitative estimate of drug-likeness (QED) is 0.801. The van der Waals surface area contributed by atoms with Crippen molar-refractivity contribution in [3.8, 4) is 0 Å². The van der Waals surface area contributed by atoms with Crippen LogP contribution in [0.4, 0.5) is 5.69 Å². The maximum absolute atomic E-state index is 11.9. The van der Waals surface area contributed by atoms with E-state index >= 15 is 0 Å². The van der Waals surface area contributed by atoms with Crippen LogP contribution < -0.4 is 5.73 Å². The first-order chi connectivity index (χ1) is 7.56. The van der Waals surface area contributed by atoms with Crippen LogP contribution in [0.5, 0.6) is 0 Å². The van der Waals surface area contributed by atoms with Gasteiger partial charge >= 0.3 is 0 Å². The summed E-state index contributed by atoms with van der Waals surface area (Å²) < 4.78 is 11.9. The van der Waals surface area contributed by atoms with E-state index in [1.165, 1.54) is 0 Å². The monoisotopic (exact) mass is 237 g/mol. The Morgan fingerprint density at radius 3 is 2.94 bits per heavy atom. The van der Waals surface area contributed by atoms with Gasteiger partial charge in [-0.1, -0.05) is 13.8 Å². The fourth-order valence-corrected chi connectivity index (χ4v) is 2.68. The minimum absolute atomic E-state index is 0.388. The van der Waals surface area contributed by atoms with E-state index in [4.69, 9.17) is 5.73 Å². The number of anilines is 1. The van der Waals surface area contributed by atoms with Gasteiger partial charge in [0, 0.05) is 11.4 Å². The lowest BCUT2D eigenvalue weighted by molar-refractivity contribution is 0.659. The van der Waals surface area contributed by atoms with Crippen LogP contribution in [0.25, 0.3) is 11.0 Å². The van der Waals surface area contributed by atoms with Crippen LogP contribution in [-0.2, 0) is 10.8 Å². The van der Waals surface area contributed by atoms with Crippen molar-refractivity contribution in [2.45, 2.75) is 19.0 Å². The molecule has 0 spiro atoms. The number of imidazole rings is 1. The number of aromatic nitrogens is 2. The standard InChI is InChI=1S/C11H15N3OS/c1-7(2)6-16(15)11-13-9-4-3-8(12)5-10(9)14-11/h3-5,7H,6,12H2,1-2H3,(H,13,14). The van der Waals surface area contributed by atoms with Crippen LogP contribution in [0.2, 0.25) is 0 Å². The Morgan fingerprint density at radius 2 is 2.25 bits per heavy atom. The predicted octanol–water partition coefficient (Wildman–Crippen LogP) is 1.91. The van der Waals surface area contributed by atoms with Crippen molar-refractivity contribution in [2.75, 3.05) is 11.5 Å². The van der Waals surface area contributed by atoms with Gasteiger partial charge in [-0.15, -0.1) is 0 Å². The van der Waals surface area contributed by atoms with Crippen molar-refractivity contribution in [1.82, 2.24) is 9.97 Å². The zero-order chi connectivity index (χ0) is 11.7. The van der Waals surface area contributed by atoms with Crippen LogP contribution in [0, 0.1) is 5.92 Å². The van der Waals surface area contributed by atoms with Crippen LogP contribution in [0.15, 0.2) is 23.4 Å². The first kappa shape index (κ1) is 11.1. The second-order valence-corrected chi connectivity index (χ2v) is 5.64. The third-order valence-corrected chi connectivity index (χ3v) is 3.78. The first-order valence-corrected chi connectivity index (χ1v) is 6.52. The summed E-state index contributed by atoms with van der Waals surface area (Å²) in [6, 6.07) is 5.42. The maximum atomic E-state index is 11.9. The zero-order valence-electron chi connectivity index (χ0n) is 9.36. The van der Waals surface area contributed by atoms with Gasteiger partial charge in [-0.25, -0.2) is 4.98 Å². The van der Waals surface area contributed by atoms with Gasteiger partial charge in [0.25, 0.3) is 0 Å². The lowest BCUT2D eigenvalue weighted by atomic mass is 10.3. The molecule has 0 saturated carbocycles. The third-order valence-electron chi connectivity index (χ3n) is 2.18. The van der Waals surface area contributed by atoms with E-state index in [9.17, 15) is 4.21 Å². The smallest absolute Gasteiger partial charge is 0.197 e. The van der Waals surface area contributed by atoms with Crippen molar-refractivity contribution in [3.63, 3.8) is 0 Å². The van der Waals surface area contributed by atoms with E-state index in [2.05, 4.69) is 9.97 Å². The number of rotatable bonds is 3. The molecule has 0 aliphatic rings. The van der Waals surface area contributed by atoms with Crippen LogP contribution in [0.1, 0.15) is 13.8 Å². The van der Waals surface area contributed by atoms with Gasteiger partial charge in [-0.2, -0.15) is 0 Å². The highest BCUT2D eigenvalue weighted by atomic mass is 32.2. The normalized spacial score (nSPS) is 13.4. The minimum Gasteiger partial charge on any atom is -0.399 e.